The van der Waals surface area contributed by atoms with Crippen LogP contribution in [0.1, 0.15) is 43.1 Å². The number of nitrogens with zero attached hydrogens (tertiary/aromatic N) is 2. The summed E-state index contributed by atoms with van der Waals surface area (Å²) in [6, 6.07) is 0. The number of hydrogen-bond donors (Lipinski definition) is 1. The second-order valence-electron chi connectivity index (χ2n) is 4.51. The monoisotopic (exact) mass is 237 g/mol. The lowest BCUT2D eigenvalue weighted by molar-refractivity contribution is 0.0457. The Kier molecular flexibility index (Phi) is 3.66. The number of aromatic nitrogens is 2. The summed E-state index contributed by atoms with van der Waals surface area (Å²) < 4.78 is 6.82. The molecule has 0 aliphatic heterocycles. The zero-order valence-corrected chi connectivity index (χ0v) is 10.2. The second kappa shape index (κ2) is 5.21. The zero-order chi connectivity index (χ0) is 12.3. The van der Waals surface area contributed by atoms with Crippen LogP contribution in [0.2, 0.25) is 0 Å². The predicted octanol–water partition coefficient (Wildman–Crippen LogP) is 1.83. The van der Waals surface area contributed by atoms with E-state index in [1.807, 2.05) is 6.92 Å². The van der Waals surface area contributed by atoms with Crippen molar-refractivity contribution in [1.29, 1.82) is 0 Å². The molecule has 0 spiro atoms. The normalized spacial score (nSPS) is 15.6. The molecule has 2 N–H and O–H groups in total. The van der Waals surface area contributed by atoms with Gasteiger partial charge in [-0.15, -0.1) is 0 Å². The van der Waals surface area contributed by atoms with Gasteiger partial charge in [-0.2, -0.15) is 5.10 Å². The van der Waals surface area contributed by atoms with E-state index in [9.17, 15) is 4.79 Å². The van der Waals surface area contributed by atoms with Crippen LogP contribution >= 0.6 is 0 Å². The molecule has 1 saturated carbocycles. The number of nitrogens with two attached hydrogens (primary N) is 1. The molecule has 0 bridgehead atoms. The fourth-order valence-corrected chi connectivity index (χ4v) is 1.93. The van der Waals surface area contributed by atoms with Crippen molar-refractivity contribution in [3.63, 3.8) is 0 Å². The van der Waals surface area contributed by atoms with Crippen LogP contribution in [-0.2, 0) is 11.3 Å². The van der Waals surface area contributed by atoms with E-state index in [4.69, 9.17) is 10.5 Å². The Hall–Kier alpha value is -1.52. The number of anilines is 1. The maximum Gasteiger partial charge on any atom is 0.361 e. The minimum absolute atomic E-state index is 0.237. The number of carbonyl (C=O) groups is 1. The molecule has 2 rings (SSSR count). The Morgan fingerprint density at radius 3 is 2.94 bits per heavy atom. The van der Waals surface area contributed by atoms with Crippen LogP contribution in [0, 0.1) is 5.92 Å². The molecule has 5 heteroatoms. The minimum atomic E-state index is -0.408. The van der Waals surface area contributed by atoms with E-state index >= 15 is 0 Å². The fraction of sp³-hybridized carbons (Fsp3) is 0.667. The summed E-state index contributed by atoms with van der Waals surface area (Å²) in [7, 11) is 0. The van der Waals surface area contributed by atoms with E-state index in [1.54, 1.807) is 10.9 Å². The van der Waals surface area contributed by atoms with Crippen molar-refractivity contribution in [2.45, 2.75) is 39.2 Å². The first-order valence-corrected chi connectivity index (χ1v) is 6.20. The summed E-state index contributed by atoms with van der Waals surface area (Å²) in [6.45, 7) is 3.11. The van der Waals surface area contributed by atoms with Crippen molar-refractivity contribution < 1.29 is 9.53 Å². The second-order valence-corrected chi connectivity index (χ2v) is 4.51. The first kappa shape index (κ1) is 12.0. The Balaban J connectivity index is 1.83. The maximum absolute atomic E-state index is 11.7. The molecule has 1 aromatic rings. The van der Waals surface area contributed by atoms with Gasteiger partial charge in [0.2, 0.25) is 0 Å². The van der Waals surface area contributed by atoms with Crippen LogP contribution in [0.4, 0.5) is 5.69 Å². The first-order valence-electron chi connectivity index (χ1n) is 6.20. The molecule has 1 aromatic heterocycles. The molecule has 94 valence electrons. The van der Waals surface area contributed by atoms with Gasteiger partial charge in [0.05, 0.1) is 12.3 Å². The molecule has 0 amide bonds. The smallest absolute Gasteiger partial charge is 0.361 e. The van der Waals surface area contributed by atoms with Crippen molar-refractivity contribution in [2.75, 3.05) is 12.3 Å². The van der Waals surface area contributed by atoms with Gasteiger partial charge in [-0.25, -0.2) is 4.79 Å². The highest BCUT2D eigenvalue weighted by Gasteiger charge is 2.19. The largest absolute Gasteiger partial charge is 0.461 e. The predicted molar refractivity (Wildman–Crippen MR) is 64.6 cm³/mol. The van der Waals surface area contributed by atoms with Crippen LogP contribution in [0.25, 0.3) is 0 Å². The number of esters is 1. The molecule has 1 fully saturated rings. The first-order chi connectivity index (χ1) is 8.20. The van der Waals surface area contributed by atoms with Crippen LogP contribution < -0.4 is 5.73 Å². The molecule has 5 nitrogen and oxygen atoms in total. The Labute approximate surface area is 101 Å². The number of ether oxygens (including phenoxy) is 1. The van der Waals surface area contributed by atoms with Crippen LogP contribution in [0.5, 0.6) is 0 Å². The summed E-state index contributed by atoms with van der Waals surface area (Å²) in [5.41, 5.74) is 6.33. The third-order valence-electron chi connectivity index (χ3n) is 3.29. The van der Waals surface area contributed by atoms with E-state index in [1.165, 1.54) is 19.3 Å². The third-order valence-corrected chi connectivity index (χ3v) is 3.29. The van der Waals surface area contributed by atoms with E-state index in [0.29, 0.717) is 18.8 Å². The molecule has 1 aliphatic carbocycles. The summed E-state index contributed by atoms with van der Waals surface area (Å²) in [6.07, 6.45) is 6.46. The fourth-order valence-electron chi connectivity index (χ4n) is 1.93. The summed E-state index contributed by atoms with van der Waals surface area (Å²) in [5, 5.41) is 4.08. The number of carbonyl (C=O) groups excluding carboxylic acids is 1. The molecular weight excluding hydrogens is 218 g/mol. The third kappa shape index (κ3) is 2.78. The van der Waals surface area contributed by atoms with Crippen molar-refractivity contribution >= 4 is 11.7 Å². The highest BCUT2D eigenvalue weighted by molar-refractivity contribution is 5.92. The molecule has 1 aliphatic rings. The van der Waals surface area contributed by atoms with Crippen molar-refractivity contribution in [1.82, 2.24) is 9.78 Å². The molecular formula is C12H19N3O2. The van der Waals surface area contributed by atoms with Gasteiger partial charge in [0, 0.05) is 12.7 Å². The Bertz CT molecular complexity index is 396. The van der Waals surface area contributed by atoms with Crippen LogP contribution in [-0.4, -0.2) is 22.4 Å². The van der Waals surface area contributed by atoms with Gasteiger partial charge >= 0.3 is 5.97 Å². The van der Waals surface area contributed by atoms with E-state index in [0.717, 1.165) is 12.3 Å². The average Bonchev–Trinajstić information content (AvgIpc) is 2.63. The van der Waals surface area contributed by atoms with Gasteiger partial charge in [0.15, 0.2) is 5.69 Å². The standard InChI is InChI=1S/C12H19N3O2/c1-2-15-8-10(13)11(14-15)12(16)17-7-6-9-4-3-5-9/h8-9H,2-7,13H2,1H3. The highest BCUT2D eigenvalue weighted by atomic mass is 16.5. The molecule has 17 heavy (non-hydrogen) atoms. The van der Waals surface area contributed by atoms with Crippen molar-refractivity contribution in [2.24, 2.45) is 5.92 Å². The maximum atomic E-state index is 11.7. The van der Waals surface area contributed by atoms with E-state index in [-0.39, 0.29) is 5.69 Å². The van der Waals surface area contributed by atoms with Gasteiger partial charge in [0.25, 0.3) is 0 Å². The lowest BCUT2D eigenvalue weighted by atomic mass is 9.83. The molecule has 0 unspecified atom stereocenters. The Morgan fingerprint density at radius 2 is 2.41 bits per heavy atom. The van der Waals surface area contributed by atoms with E-state index in [2.05, 4.69) is 5.10 Å². The van der Waals surface area contributed by atoms with Crippen LogP contribution in [0.3, 0.4) is 0 Å². The SMILES string of the molecule is CCn1cc(N)c(C(=O)OCCC2CCC2)n1. The number of rotatable bonds is 5. The zero-order valence-electron chi connectivity index (χ0n) is 10.2. The van der Waals surface area contributed by atoms with Crippen molar-refractivity contribution in [3.05, 3.63) is 11.9 Å². The average molecular weight is 237 g/mol. The van der Waals surface area contributed by atoms with Crippen molar-refractivity contribution in [3.8, 4) is 0 Å². The molecule has 0 radical (unpaired) electrons. The Morgan fingerprint density at radius 1 is 1.65 bits per heavy atom. The number of aryl methyl sites for hydroxylation is 1. The number of hydrogen-bond acceptors (Lipinski definition) is 4. The molecule has 0 aromatic carbocycles. The van der Waals surface area contributed by atoms with E-state index < -0.39 is 5.97 Å². The van der Waals surface area contributed by atoms with Gasteiger partial charge in [-0.1, -0.05) is 19.3 Å². The molecule has 1 heterocycles. The lowest BCUT2D eigenvalue weighted by Gasteiger charge is -2.24. The topological polar surface area (TPSA) is 70.1 Å². The van der Waals surface area contributed by atoms with Gasteiger partial charge in [0.1, 0.15) is 0 Å². The summed E-state index contributed by atoms with van der Waals surface area (Å²) in [5.74, 6) is 0.336. The highest BCUT2D eigenvalue weighted by Crippen LogP contribution is 2.29. The summed E-state index contributed by atoms with van der Waals surface area (Å²) in [4.78, 5) is 11.7. The van der Waals surface area contributed by atoms with Crippen LogP contribution in [0.15, 0.2) is 6.20 Å². The van der Waals surface area contributed by atoms with Gasteiger partial charge in [-0.3, -0.25) is 4.68 Å². The summed E-state index contributed by atoms with van der Waals surface area (Å²) >= 11 is 0. The molecule has 0 atom stereocenters. The van der Waals surface area contributed by atoms with Gasteiger partial charge in [-0.05, 0) is 19.3 Å². The minimum Gasteiger partial charge on any atom is -0.461 e. The number of nitrogen functional groups attached to an aromatic ring is 1. The lowest BCUT2D eigenvalue weighted by Crippen LogP contribution is -2.16. The molecule has 0 saturated heterocycles. The van der Waals surface area contributed by atoms with Gasteiger partial charge < -0.3 is 10.5 Å². The quantitative estimate of drug-likeness (QED) is 0.793.